The van der Waals surface area contributed by atoms with Gasteiger partial charge >= 0.3 is 0 Å². The predicted octanol–water partition coefficient (Wildman–Crippen LogP) is 4.16. The van der Waals surface area contributed by atoms with Gasteiger partial charge in [0.15, 0.2) is 7.98 Å². The highest BCUT2D eigenvalue weighted by Crippen LogP contribution is 2.20. The van der Waals surface area contributed by atoms with Crippen molar-refractivity contribution in [2.75, 3.05) is 19.6 Å². The van der Waals surface area contributed by atoms with Crippen molar-refractivity contribution in [3.8, 4) is 0 Å². The van der Waals surface area contributed by atoms with Gasteiger partial charge in [0.05, 0.1) is 6.54 Å². The maximum absolute atomic E-state index is 12.4. The second kappa shape index (κ2) is 13.7. The second-order valence-electron chi connectivity index (χ2n) is 7.74. The van der Waals surface area contributed by atoms with Crippen molar-refractivity contribution in [1.29, 1.82) is 0 Å². The molecular formula is C20H41BN2O. The molecule has 0 aliphatic carbocycles. The first-order valence-electron chi connectivity index (χ1n) is 10.7. The lowest BCUT2D eigenvalue weighted by Crippen LogP contribution is -2.53. The Morgan fingerprint density at radius 1 is 0.833 bits per heavy atom. The van der Waals surface area contributed by atoms with Crippen LogP contribution in [0.1, 0.15) is 97.3 Å². The number of nitrogens with zero attached hydrogens (tertiary/aromatic N) is 2. The maximum Gasteiger partial charge on any atom is 0.236 e. The minimum absolute atomic E-state index is 0.355. The predicted molar refractivity (Wildman–Crippen MR) is 107 cm³/mol. The Hall–Kier alpha value is -0.505. The fourth-order valence-electron chi connectivity index (χ4n) is 3.79. The summed E-state index contributed by atoms with van der Waals surface area (Å²) in [6.45, 7) is 7.13. The van der Waals surface area contributed by atoms with Crippen molar-refractivity contribution in [3.05, 3.63) is 0 Å². The summed E-state index contributed by atoms with van der Waals surface area (Å²) in [5, 5.41) is 0. The molecule has 0 saturated carbocycles. The first-order valence-corrected chi connectivity index (χ1v) is 10.7. The molecule has 1 amide bonds. The molecule has 140 valence electrons. The Labute approximate surface area is 152 Å². The van der Waals surface area contributed by atoms with Gasteiger partial charge in [-0.1, -0.05) is 84.5 Å². The van der Waals surface area contributed by atoms with E-state index < -0.39 is 0 Å². The smallest absolute Gasteiger partial charge is 0.236 e. The average molecular weight is 336 g/mol. The third-order valence-electron chi connectivity index (χ3n) is 5.42. The number of carbonyl (C=O) groups excluding carboxylic acids is 1. The molecule has 1 fully saturated rings. The van der Waals surface area contributed by atoms with Crippen LogP contribution in [0.3, 0.4) is 0 Å². The van der Waals surface area contributed by atoms with E-state index in [1.807, 2.05) is 0 Å². The van der Waals surface area contributed by atoms with Crippen LogP contribution in [0, 0.1) is 0 Å². The lowest BCUT2D eigenvalue weighted by atomic mass is 9.98. The molecule has 1 atom stereocenters. The highest BCUT2D eigenvalue weighted by molar-refractivity contribution is 6.06. The Morgan fingerprint density at radius 2 is 1.33 bits per heavy atom. The van der Waals surface area contributed by atoms with Crippen molar-refractivity contribution in [3.63, 3.8) is 0 Å². The Kier molecular flexibility index (Phi) is 12.3. The number of hydrogen-bond acceptors (Lipinski definition) is 2. The summed E-state index contributed by atoms with van der Waals surface area (Å²) in [6, 6.07) is 0.499. The van der Waals surface area contributed by atoms with E-state index in [0.29, 0.717) is 18.5 Å². The minimum Gasteiger partial charge on any atom is -0.340 e. The van der Waals surface area contributed by atoms with Crippen LogP contribution in [0.4, 0.5) is 0 Å². The molecule has 0 aromatic rings. The normalized spacial score (nSPS) is 17.4. The van der Waals surface area contributed by atoms with Crippen LogP contribution >= 0.6 is 0 Å². The summed E-state index contributed by atoms with van der Waals surface area (Å²) in [5.41, 5.74) is 0. The molecule has 1 saturated heterocycles. The van der Waals surface area contributed by atoms with Crippen molar-refractivity contribution in [2.24, 2.45) is 0 Å². The van der Waals surface area contributed by atoms with E-state index in [1.165, 1.54) is 83.5 Å². The second-order valence-corrected chi connectivity index (χ2v) is 7.74. The van der Waals surface area contributed by atoms with Crippen molar-refractivity contribution in [2.45, 2.75) is 103 Å². The standard InChI is InChI=1S/C20H41BN2O/c1-3-5-7-9-11-13-15-19(14-12-10-8-6-4-2)23-17-16-22(21)18-20(23)24/h19H,3-18,21H2,1-2H3. The summed E-state index contributed by atoms with van der Waals surface area (Å²) >= 11 is 0. The number of rotatable bonds is 14. The first kappa shape index (κ1) is 21.5. The monoisotopic (exact) mass is 336 g/mol. The van der Waals surface area contributed by atoms with E-state index >= 15 is 0 Å². The fourth-order valence-corrected chi connectivity index (χ4v) is 3.79. The third-order valence-corrected chi connectivity index (χ3v) is 5.42. The molecule has 1 aliphatic rings. The molecule has 1 rings (SSSR count). The molecule has 0 spiro atoms. The van der Waals surface area contributed by atoms with Gasteiger partial charge in [-0.3, -0.25) is 4.79 Å². The van der Waals surface area contributed by atoms with Gasteiger partial charge < -0.3 is 9.71 Å². The van der Waals surface area contributed by atoms with Crippen LogP contribution in [-0.4, -0.2) is 49.3 Å². The first-order chi connectivity index (χ1) is 11.7. The number of amides is 1. The molecule has 3 nitrogen and oxygen atoms in total. The van der Waals surface area contributed by atoms with Gasteiger partial charge in [0.2, 0.25) is 5.91 Å². The van der Waals surface area contributed by atoms with E-state index in [1.54, 1.807) is 0 Å². The minimum atomic E-state index is 0.355. The topological polar surface area (TPSA) is 23.6 Å². The molecule has 1 unspecified atom stereocenters. The van der Waals surface area contributed by atoms with Crippen LogP contribution in [0.2, 0.25) is 0 Å². The zero-order valence-electron chi connectivity index (χ0n) is 16.7. The van der Waals surface area contributed by atoms with Gasteiger partial charge in [-0.25, -0.2) is 0 Å². The lowest BCUT2D eigenvalue weighted by Gasteiger charge is -2.38. The van der Waals surface area contributed by atoms with Gasteiger partial charge in [-0.2, -0.15) is 0 Å². The maximum atomic E-state index is 12.4. The molecule has 0 aromatic heterocycles. The van der Waals surface area contributed by atoms with Crippen LogP contribution in [-0.2, 0) is 4.79 Å². The lowest BCUT2D eigenvalue weighted by molar-refractivity contribution is -0.137. The van der Waals surface area contributed by atoms with Crippen LogP contribution in [0.5, 0.6) is 0 Å². The van der Waals surface area contributed by atoms with Gasteiger partial charge in [0.25, 0.3) is 0 Å². The molecular weight excluding hydrogens is 295 g/mol. The summed E-state index contributed by atoms with van der Waals surface area (Å²) in [4.78, 5) is 16.8. The quantitative estimate of drug-likeness (QED) is 0.351. The molecule has 1 aliphatic heterocycles. The van der Waals surface area contributed by atoms with Crippen molar-refractivity contribution < 1.29 is 4.79 Å². The van der Waals surface area contributed by atoms with Crippen LogP contribution in [0.25, 0.3) is 0 Å². The summed E-state index contributed by atoms with van der Waals surface area (Å²) in [5.74, 6) is 0.355. The van der Waals surface area contributed by atoms with Crippen LogP contribution < -0.4 is 0 Å². The highest BCUT2D eigenvalue weighted by atomic mass is 16.2. The molecule has 1 heterocycles. The van der Waals surface area contributed by atoms with Crippen molar-refractivity contribution >= 4 is 13.9 Å². The zero-order valence-corrected chi connectivity index (χ0v) is 16.7. The third kappa shape index (κ3) is 9.10. The average Bonchev–Trinajstić information content (AvgIpc) is 2.56. The Morgan fingerprint density at radius 3 is 1.83 bits per heavy atom. The van der Waals surface area contributed by atoms with Gasteiger partial charge in [-0.15, -0.1) is 0 Å². The zero-order chi connectivity index (χ0) is 17.6. The Balaban J connectivity index is 2.36. The summed E-state index contributed by atoms with van der Waals surface area (Å²) < 4.78 is 0. The Bertz CT molecular complexity index is 325. The number of hydrogen-bond donors (Lipinski definition) is 0. The fraction of sp³-hybridized carbons (Fsp3) is 0.950. The van der Waals surface area contributed by atoms with Gasteiger partial charge in [0.1, 0.15) is 0 Å². The SMILES string of the molecule is BN1CCN(C(CCCCCCC)CCCCCCCC)C(=O)C1. The number of unbranched alkanes of at least 4 members (excludes halogenated alkanes) is 9. The van der Waals surface area contributed by atoms with E-state index in [2.05, 4.69) is 31.5 Å². The highest BCUT2D eigenvalue weighted by Gasteiger charge is 2.27. The molecule has 0 radical (unpaired) electrons. The van der Waals surface area contributed by atoms with Crippen LogP contribution in [0.15, 0.2) is 0 Å². The number of carbonyl (C=O) groups is 1. The van der Waals surface area contributed by atoms with Gasteiger partial charge in [0, 0.05) is 19.1 Å². The van der Waals surface area contributed by atoms with E-state index in [4.69, 9.17) is 0 Å². The number of piperazine rings is 1. The molecule has 4 heteroatoms. The molecule has 0 bridgehead atoms. The molecule has 0 N–H and O–H groups in total. The summed E-state index contributed by atoms with van der Waals surface area (Å²) in [7, 11) is 2.06. The van der Waals surface area contributed by atoms with E-state index in [-0.39, 0.29) is 0 Å². The van der Waals surface area contributed by atoms with Crippen molar-refractivity contribution in [1.82, 2.24) is 9.71 Å². The van der Waals surface area contributed by atoms with E-state index in [9.17, 15) is 4.79 Å². The molecule has 0 aromatic carbocycles. The summed E-state index contributed by atoms with van der Waals surface area (Å²) in [6.07, 6.45) is 17.2. The largest absolute Gasteiger partial charge is 0.340 e. The molecule has 24 heavy (non-hydrogen) atoms. The van der Waals surface area contributed by atoms with E-state index in [0.717, 1.165) is 13.1 Å². The van der Waals surface area contributed by atoms with Gasteiger partial charge in [-0.05, 0) is 12.8 Å².